The number of ether oxygens (including phenoxy) is 2. The van der Waals surface area contributed by atoms with Crippen LogP contribution in [0.25, 0.3) is 0 Å². The molecule has 2 rings (SSSR count). The fourth-order valence-corrected chi connectivity index (χ4v) is 3.84. The second-order valence-electron chi connectivity index (χ2n) is 6.00. The largest absolute Gasteiger partial charge is 0.497 e. The van der Waals surface area contributed by atoms with Crippen LogP contribution in [0.15, 0.2) is 54.6 Å². The van der Waals surface area contributed by atoms with Gasteiger partial charge in [-0.15, -0.1) is 0 Å². The number of hydrogen-bond acceptors (Lipinski definition) is 5. The summed E-state index contributed by atoms with van der Waals surface area (Å²) in [6, 6.07) is 17.6. The zero-order valence-electron chi connectivity index (χ0n) is 15.4. The van der Waals surface area contributed by atoms with Gasteiger partial charge < -0.3 is 15.2 Å². The van der Waals surface area contributed by atoms with Crippen LogP contribution in [0.1, 0.15) is 24.5 Å². The molecule has 0 amide bonds. The Bertz CT molecular complexity index is 661. The van der Waals surface area contributed by atoms with Crippen molar-refractivity contribution in [2.45, 2.75) is 36.8 Å². The molecule has 0 aliphatic rings. The predicted molar refractivity (Wildman–Crippen MR) is 107 cm³/mol. The summed E-state index contributed by atoms with van der Waals surface area (Å²) in [6.45, 7) is 2.15. The lowest BCUT2D eigenvalue weighted by atomic mass is 10.0. The molecule has 0 bridgehead atoms. The van der Waals surface area contributed by atoms with Crippen LogP contribution in [0, 0.1) is 0 Å². The van der Waals surface area contributed by atoms with Crippen molar-refractivity contribution in [1.82, 2.24) is 0 Å². The van der Waals surface area contributed by atoms with Gasteiger partial charge in [0.1, 0.15) is 11.8 Å². The van der Waals surface area contributed by atoms with Crippen LogP contribution >= 0.6 is 11.8 Å². The highest BCUT2D eigenvalue weighted by Gasteiger charge is 2.26. The normalized spacial score (nSPS) is 13.0. The van der Waals surface area contributed by atoms with E-state index >= 15 is 0 Å². The maximum absolute atomic E-state index is 12.1. The molecule has 0 spiro atoms. The molecule has 0 heterocycles. The van der Waals surface area contributed by atoms with Gasteiger partial charge in [0.25, 0.3) is 0 Å². The summed E-state index contributed by atoms with van der Waals surface area (Å²) in [4.78, 5) is 12.1. The lowest BCUT2D eigenvalue weighted by molar-refractivity contribution is -0.144. The standard InChI is InChI=1S/C21H27NO3S/c1-3-25-21(23)20(22)19(14-11-16-7-5-4-6-8-16)26-15-17-9-12-18(24-2)13-10-17/h4-10,12-13,19-20H,3,11,14-15,22H2,1-2H3/t19-,20+/m0/s1. The fourth-order valence-electron chi connectivity index (χ4n) is 2.64. The van der Waals surface area contributed by atoms with E-state index in [4.69, 9.17) is 15.2 Å². The first kappa shape index (κ1) is 20.3. The molecule has 2 atom stereocenters. The first-order valence-corrected chi connectivity index (χ1v) is 9.89. The van der Waals surface area contributed by atoms with Gasteiger partial charge in [-0.2, -0.15) is 11.8 Å². The average molecular weight is 374 g/mol. The number of carbonyl (C=O) groups is 1. The second-order valence-corrected chi connectivity index (χ2v) is 7.23. The van der Waals surface area contributed by atoms with Crippen LogP contribution in [0.3, 0.4) is 0 Å². The third-order valence-corrected chi connectivity index (χ3v) is 5.60. The lowest BCUT2D eigenvalue weighted by Crippen LogP contribution is -2.41. The van der Waals surface area contributed by atoms with Gasteiger partial charge in [0.15, 0.2) is 0 Å². The topological polar surface area (TPSA) is 61.5 Å². The van der Waals surface area contributed by atoms with Gasteiger partial charge in [0.05, 0.1) is 13.7 Å². The Hall–Kier alpha value is -1.98. The smallest absolute Gasteiger partial charge is 0.324 e. The van der Waals surface area contributed by atoms with Crippen molar-refractivity contribution in [3.63, 3.8) is 0 Å². The Morgan fingerprint density at radius 1 is 1.08 bits per heavy atom. The average Bonchev–Trinajstić information content (AvgIpc) is 2.69. The fraction of sp³-hybridized carbons (Fsp3) is 0.381. The molecule has 2 N–H and O–H groups in total. The number of thioether (sulfide) groups is 1. The van der Waals surface area contributed by atoms with Gasteiger partial charge in [-0.05, 0) is 43.0 Å². The highest BCUT2D eigenvalue weighted by Crippen LogP contribution is 2.25. The molecule has 0 aliphatic heterocycles. The number of esters is 1. The second kappa shape index (κ2) is 10.9. The third kappa shape index (κ3) is 6.39. The van der Waals surface area contributed by atoms with Crippen molar-refractivity contribution >= 4 is 17.7 Å². The molecule has 26 heavy (non-hydrogen) atoms. The predicted octanol–water partition coefficient (Wildman–Crippen LogP) is 3.82. The van der Waals surface area contributed by atoms with E-state index in [0.717, 1.165) is 24.3 Å². The van der Waals surface area contributed by atoms with E-state index < -0.39 is 6.04 Å². The summed E-state index contributed by atoms with van der Waals surface area (Å²) in [6.07, 6.45) is 1.71. The molecule has 0 aromatic heterocycles. The quantitative estimate of drug-likeness (QED) is 0.642. The van der Waals surface area contributed by atoms with Gasteiger partial charge in [0.2, 0.25) is 0 Å². The van der Waals surface area contributed by atoms with Gasteiger partial charge in [0, 0.05) is 11.0 Å². The minimum absolute atomic E-state index is 0.00337. The van der Waals surface area contributed by atoms with Crippen LogP contribution in [0.4, 0.5) is 0 Å². The molecule has 0 radical (unpaired) electrons. The first-order chi connectivity index (χ1) is 12.6. The summed E-state index contributed by atoms with van der Waals surface area (Å²) in [5.41, 5.74) is 8.63. The van der Waals surface area contributed by atoms with E-state index in [1.54, 1.807) is 25.8 Å². The maximum atomic E-state index is 12.1. The van der Waals surface area contributed by atoms with Crippen molar-refractivity contribution in [2.24, 2.45) is 5.73 Å². The molecule has 0 aliphatic carbocycles. The number of benzene rings is 2. The van der Waals surface area contributed by atoms with E-state index in [9.17, 15) is 4.79 Å². The van der Waals surface area contributed by atoms with Gasteiger partial charge >= 0.3 is 5.97 Å². The number of aryl methyl sites for hydroxylation is 1. The van der Waals surface area contributed by atoms with E-state index in [0.29, 0.717) is 6.61 Å². The van der Waals surface area contributed by atoms with Crippen LogP contribution in [-0.2, 0) is 21.7 Å². The molecular weight excluding hydrogens is 346 g/mol. The molecule has 2 aromatic carbocycles. The molecule has 0 saturated carbocycles. The van der Waals surface area contributed by atoms with Crippen LogP contribution < -0.4 is 10.5 Å². The van der Waals surface area contributed by atoms with Gasteiger partial charge in [-0.1, -0.05) is 42.5 Å². The highest BCUT2D eigenvalue weighted by molar-refractivity contribution is 7.99. The van der Waals surface area contributed by atoms with E-state index in [1.807, 2.05) is 42.5 Å². The van der Waals surface area contributed by atoms with Gasteiger partial charge in [-0.25, -0.2) is 0 Å². The van der Waals surface area contributed by atoms with Gasteiger partial charge in [-0.3, -0.25) is 4.79 Å². The summed E-state index contributed by atoms with van der Waals surface area (Å²) >= 11 is 1.70. The zero-order chi connectivity index (χ0) is 18.8. The Morgan fingerprint density at radius 2 is 1.77 bits per heavy atom. The van der Waals surface area contributed by atoms with Crippen molar-refractivity contribution < 1.29 is 14.3 Å². The Morgan fingerprint density at radius 3 is 2.38 bits per heavy atom. The van der Waals surface area contributed by atoms with Crippen LogP contribution in [0.5, 0.6) is 5.75 Å². The molecule has 0 unspecified atom stereocenters. The van der Waals surface area contributed by atoms with Crippen LogP contribution in [0.2, 0.25) is 0 Å². The number of rotatable bonds is 10. The summed E-state index contributed by atoms with van der Waals surface area (Å²) in [7, 11) is 1.65. The molecule has 140 valence electrons. The number of carbonyl (C=O) groups excluding carboxylic acids is 1. The van der Waals surface area contributed by atoms with Crippen molar-refractivity contribution in [3.8, 4) is 5.75 Å². The van der Waals surface area contributed by atoms with Crippen molar-refractivity contribution in [3.05, 3.63) is 65.7 Å². The SMILES string of the molecule is CCOC(=O)[C@H](N)[C@H](CCc1ccccc1)SCc1ccc(OC)cc1. The Labute approximate surface area is 160 Å². The van der Waals surface area contributed by atoms with Crippen molar-refractivity contribution in [1.29, 1.82) is 0 Å². The summed E-state index contributed by atoms with van der Waals surface area (Å²) in [5.74, 6) is 1.30. The molecule has 5 heteroatoms. The minimum atomic E-state index is -0.623. The minimum Gasteiger partial charge on any atom is -0.497 e. The zero-order valence-corrected chi connectivity index (χ0v) is 16.2. The number of methoxy groups -OCH3 is 1. The molecule has 0 saturated heterocycles. The summed E-state index contributed by atoms with van der Waals surface area (Å²) < 4.78 is 10.3. The number of hydrogen-bond donors (Lipinski definition) is 1. The van der Waals surface area contributed by atoms with E-state index in [2.05, 4.69) is 12.1 Å². The Kier molecular flexibility index (Phi) is 8.51. The van der Waals surface area contributed by atoms with E-state index in [1.165, 1.54) is 11.1 Å². The van der Waals surface area contributed by atoms with Crippen molar-refractivity contribution in [2.75, 3.05) is 13.7 Å². The monoisotopic (exact) mass is 373 g/mol. The summed E-state index contributed by atoms with van der Waals surface area (Å²) in [5, 5.41) is -0.00337. The highest BCUT2D eigenvalue weighted by atomic mass is 32.2. The van der Waals surface area contributed by atoms with Crippen LogP contribution in [-0.4, -0.2) is 31.0 Å². The van der Waals surface area contributed by atoms with E-state index in [-0.39, 0.29) is 11.2 Å². The molecule has 4 nitrogen and oxygen atoms in total. The first-order valence-electron chi connectivity index (χ1n) is 8.84. The molecule has 2 aromatic rings. The Balaban J connectivity index is 1.99. The number of nitrogens with two attached hydrogens (primary N) is 1. The molecule has 0 fully saturated rings. The lowest BCUT2D eigenvalue weighted by Gasteiger charge is -2.22. The maximum Gasteiger partial charge on any atom is 0.324 e. The third-order valence-electron chi connectivity index (χ3n) is 4.14. The molecular formula is C21H27NO3S.